The average Bonchev–Trinajstić information content (AvgIpc) is 2.92. The van der Waals surface area contributed by atoms with Crippen LogP contribution in [-0.2, 0) is 15.7 Å². The number of hydrogen-bond acceptors (Lipinski definition) is 5. The number of piperazine rings is 1. The number of urea groups is 1. The Morgan fingerprint density at radius 2 is 1.73 bits per heavy atom. The van der Waals surface area contributed by atoms with Gasteiger partial charge in [0.25, 0.3) is 5.91 Å². The van der Waals surface area contributed by atoms with Crippen LogP contribution in [0.5, 0.6) is 0 Å². The zero-order valence-electron chi connectivity index (χ0n) is 23.0. The summed E-state index contributed by atoms with van der Waals surface area (Å²) in [6.45, 7) is 6.75. The van der Waals surface area contributed by atoms with Crippen LogP contribution in [0, 0.1) is 5.82 Å². The van der Waals surface area contributed by atoms with Crippen molar-refractivity contribution in [2.45, 2.75) is 39.0 Å². The van der Waals surface area contributed by atoms with Gasteiger partial charge in [-0.3, -0.25) is 14.6 Å². The Bertz CT molecular complexity index is 1330. The first kappa shape index (κ1) is 30.0. The summed E-state index contributed by atoms with van der Waals surface area (Å²) in [5.74, 6) is -1.63. The molecule has 8 nitrogen and oxygen atoms in total. The molecule has 2 heterocycles. The topological polar surface area (TPSA) is 82.2 Å². The molecule has 2 aliphatic rings. The highest BCUT2D eigenvalue weighted by Gasteiger charge is 2.40. The molecule has 0 radical (unpaired) electrons. The second kappa shape index (κ2) is 12.3. The highest BCUT2D eigenvalue weighted by molar-refractivity contribution is 5.95. The van der Waals surface area contributed by atoms with Crippen LogP contribution in [0.25, 0.3) is 0 Å². The summed E-state index contributed by atoms with van der Waals surface area (Å²) in [6.07, 6.45) is -4.49. The van der Waals surface area contributed by atoms with Crippen molar-refractivity contribution >= 4 is 17.9 Å². The maximum absolute atomic E-state index is 14.8. The molecule has 41 heavy (non-hydrogen) atoms. The number of alkyl halides is 3. The van der Waals surface area contributed by atoms with Crippen molar-refractivity contribution in [3.63, 3.8) is 0 Å². The number of hydrogen-bond donors (Lipinski definition) is 1. The van der Waals surface area contributed by atoms with E-state index in [1.165, 1.54) is 35.2 Å². The van der Waals surface area contributed by atoms with Crippen molar-refractivity contribution < 1.29 is 36.7 Å². The molecule has 2 atom stereocenters. The highest BCUT2D eigenvalue weighted by atomic mass is 19.4. The Morgan fingerprint density at radius 3 is 2.32 bits per heavy atom. The molecule has 0 saturated carbocycles. The van der Waals surface area contributed by atoms with Crippen molar-refractivity contribution in [2.24, 2.45) is 0 Å². The Hall–Kier alpha value is -3.93. The number of carbonyl (C=O) groups excluding carboxylic acids is 3. The second-order valence-electron chi connectivity index (χ2n) is 9.89. The van der Waals surface area contributed by atoms with Gasteiger partial charge in [0.05, 0.1) is 23.8 Å². The number of esters is 1. The Balaban J connectivity index is 1.59. The van der Waals surface area contributed by atoms with E-state index in [1.54, 1.807) is 24.8 Å². The summed E-state index contributed by atoms with van der Waals surface area (Å²) in [4.78, 5) is 44.5. The third-order valence-electron chi connectivity index (χ3n) is 7.27. The Morgan fingerprint density at radius 1 is 1.05 bits per heavy atom. The van der Waals surface area contributed by atoms with Crippen molar-refractivity contribution in [1.82, 2.24) is 20.0 Å². The minimum absolute atomic E-state index is 0.0848. The molecule has 0 unspecified atom stereocenters. The second-order valence-corrected chi connectivity index (χ2v) is 9.89. The monoisotopic (exact) mass is 576 g/mol. The molecule has 1 saturated heterocycles. The lowest BCUT2D eigenvalue weighted by atomic mass is 9.93. The number of likely N-dealkylation sites (N-methyl/N-ethyl adjacent to an activating group) is 1. The standard InChI is InChI=1S/C29H32F4N4O4/c1-4-36-23(24(27(39)41-5-2)25(34-28(36)40)21-8-6-7-9-22(21)30)17-35-14-15-37(18(3)16-35)26(38)19-10-12-20(13-11-19)29(31,32)33/h6-13,18,25H,4-5,14-17H2,1-3H3,(H,34,40)/t18-,25-/m1/s1. The molecular weight excluding hydrogens is 544 g/mol. The van der Waals surface area contributed by atoms with Gasteiger partial charge in [-0.1, -0.05) is 18.2 Å². The van der Waals surface area contributed by atoms with Crippen molar-refractivity contribution in [3.8, 4) is 0 Å². The van der Waals surface area contributed by atoms with E-state index in [-0.39, 0.29) is 54.9 Å². The number of ether oxygens (including phenoxy) is 1. The van der Waals surface area contributed by atoms with Gasteiger partial charge in [0, 0.05) is 55.6 Å². The number of amides is 3. The first-order valence-corrected chi connectivity index (χ1v) is 13.4. The fraction of sp³-hybridized carbons (Fsp3) is 0.414. The fourth-order valence-electron chi connectivity index (χ4n) is 5.26. The lowest BCUT2D eigenvalue weighted by molar-refractivity contribution is -0.139. The van der Waals surface area contributed by atoms with Crippen LogP contribution in [0.15, 0.2) is 59.8 Å². The number of nitrogens with one attached hydrogen (secondary N) is 1. The summed E-state index contributed by atoms with van der Waals surface area (Å²) in [5, 5.41) is 2.74. The lowest BCUT2D eigenvalue weighted by Crippen LogP contribution is -2.56. The third-order valence-corrected chi connectivity index (χ3v) is 7.27. The SMILES string of the molecule is CCOC(=O)C1=C(CN2CCN(C(=O)c3ccc(C(F)(F)F)cc3)[C@H](C)C2)N(CC)C(=O)N[C@@H]1c1ccccc1F. The highest BCUT2D eigenvalue weighted by Crippen LogP contribution is 2.34. The van der Waals surface area contributed by atoms with Crippen LogP contribution < -0.4 is 5.32 Å². The number of carbonyl (C=O) groups is 3. The van der Waals surface area contributed by atoms with Crippen LogP contribution >= 0.6 is 0 Å². The molecule has 0 aromatic heterocycles. The first-order chi connectivity index (χ1) is 19.5. The molecule has 2 aromatic carbocycles. The molecule has 1 fully saturated rings. The molecule has 3 amide bonds. The van der Waals surface area contributed by atoms with E-state index < -0.39 is 35.6 Å². The fourth-order valence-corrected chi connectivity index (χ4v) is 5.26. The van der Waals surface area contributed by atoms with Gasteiger partial charge in [-0.25, -0.2) is 14.0 Å². The van der Waals surface area contributed by atoms with Gasteiger partial charge >= 0.3 is 18.2 Å². The molecule has 2 aromatic rings. The van der Waals surface area contributed by atoms with E-state index in [0.29, 0.717) is 18.8 Å². The van der Waals surface area contributed by atoms with E-state index in [0.717, 1.165) is 12.1 Å². The lowest BCUT2D eigenvalue weighted by Gasteiger charge is -2.43. The molecule has 2 aliphatic heterocycles. The summed E-state index contributed by atoms with van der Waals surface area (Å²) >= 11 is 0. The average molecular weight is 577 g/mol. The molecule has 4 rings (SSSR count). The van der Waals surface area contributed by atoms with Gasteiger partial charge in [0.15, 0.2) is 0 Å². The molecular formula is C29H32F4N4O4. The van der Waals surface area contributed by atoms with Gasteiger partial charge in [-0.15, -0.1) is 0 Å². The summed E-state index contributed by atoms with van der Waals surface area (Å²) in [5.41, 5.74) is -0.0211. The van der Waals surface area contributed by atoms with E-state index >= 15 is 0 Å². The minimum atomic E-state index is -4.49. The normalized spacial score (nSPS) is 20.2. The largest absolute Gasteiger partial charge is 0.463 e. The molecule has 0 aliphatic carbocycles. The van der Waals surface area contributed by atoms with E-state index in [9.17, 15) is 31.9 Å². The van der Waals surface area contributed by atoms with Crippen molar-refractivity contribution in [2.75, 3.05) is 39.3 Å². The Kier molecular flexibility index (Phi) is 9.01. The first-order valence-electron chi connectivity index (χ1n) is 13.4. The number of halogens is 4. The molecule has 1 N–H and O–H groups in total. The predicted octanol–water partition coefficient (Wildman–Crippen LogP) is 4.59. The van der Waals surface area contributed by atoms with Crippen LogP contribution in [0.4, 0.5) is 22.4 Å². The Labute approximate surface area is 235 Å². The summed E-state index contributed by atoms with van der Waals surface area (Å²) in [7, 11) is 0. The molecule has 12 heteroatoms. The third kappa shape index (κ3) is 6.37. The zero-order valence-corrected chi connectivity index (χ0v) is 23.0. The van der Waals surface area contributed by atoms with Crippen molar-refractivity contribution in [1.29, 1.82) is 0 Å². The van der Waals surface area contributed by atoms with Crippen LogP contribution in [0.2, 0.25) is 0 Å². The van der Waals surface area contributed by atoms with Crippen LogP contribution in [0.1, 0.15) is 48.3 Å². The summed E-state index contributed by atoms with van der Waals surface area (Å²) in [6, 6.07) is 8.16. The van der Waals surface area contributed by atoms with Gasteiger partial charge in [-0.2, -0.15) is 13.2 Å². The van der Waals surface area contributed by atoms with Crippen molar-refractivity contribution in [3.05, 3.63) is 82.3 Å². The van der Waals surface area contributed by atoms with Gasteiger partial charge in [0.2, 0.25) is 0 Å². The maximum Gasteiger partial charge on any atom is 0.416 e. The van der Waals surface area contributed by atoms with E-state index in [1.807, 2.05) is 11.8 Å². The number of nitrogens with zero attached hydrogens (tertiary/aromatic N) is 3. The number of rotatable bonds is 7. The van der Waals surface area contributed by atoms with Gasteiger partial charge < -0.3 is 15.0 Å². The van der Waals surface area contributed by atoms with Crippen LogP contribution in [-0.4, -0.2) is 78.0 Å². The molecule has 0 bridgehead atoms. The molecule has 0 spiro atoms. The van der Waals surface area contributed by atoms with E-state index in [2.05, 4.69) is 5.32 Å². The summed E-state index contributed by atoms with van der Waals surface area (Å²) < 4.78 is 59.0. The van der Waals surface area contributed by atoms with Gasteiger partial charge in [0.1, 0.15) is 5.82 Å². The molecule has 220 valence electrons. The maximum atomic E-state index is 14.8. The zero-order chi connectivity index (χ0) is 29.9. The number of benzene rings is 2. The van der Waals surface area contributed by atoms with Crippen LogP contribution in [0.3, 0.4) is 0 Å². The van der Waals surface area contributed by atoms with E-state index in [4.69, 9.17) is 4.74 Å². The minimum Gasteiger partial charge on any atom is -0.463 e. The predicted molar refractivity (Wildman–Crippen MR) is 142 cm³/mol. The quantitative estimate of drug-likeness (QED) is 0.385. The smallest absolute Gasteiger partial charge is 0.416 e. The van der Waals surface area contributed by atoms with Gasteiger partial charge in [-0.05, 0) is 51.1 Å².